The van der Waals surface area contributed by atoms with Gasteiger partial charge in [-0.05, 0) is 61.2 Å². The molecule has 0 radical (unpaired) electrons. The quantitative estimate of drug-likeness (QED) is 0.785. The highest BCUT2D eigenvalue weighted by Gasteiger charge is 2.30. The SMILES string of the molecule is Cc1cc(OCc2cccc(F)c2)ccc1NC(=O)[C@@H]1CC[C@H](CN)O1.Cl. The smallest absolute Gasteiger partial charge is 0.253 e. The number of carbonyl (C=O) groups excluding carboxylic acids is 1. The minimum absolute atomic E-state index is 0. The van der Waals surface area contributed by atoms with Crippen LogP contribution in [-0.4, -0.2) is 24.7 Å². The lowest BCUT2D eigenvalue weighted by Gasteiger charge is -2.15. The molecular formula is C20H24ClFN2O3. The minimum Gasteiger partial charge on any atom is -0.489 e. The van der Waals surface area contributed by atoms with E-state index in [2.05, 4.69) is 5.32 Å². The van der Waals surface area contributed by atoms with Crippen molar-refractivity contribution in [3.05, 3.63) is 59.4 Å². The van der Waals surface area contributed by atoms with Crippen molar-refractivity contribution < 1.29 is 18.7 Å². The summed E-state index contributed by atoms with van der Waals surface area (Å²) in [7, 11) is 0. The summed E-state index contributed by atoms with van der Waals surface area (Å²) in [6.45, 7) is 2.60. The molecule has 0 bridgehead atoms. The molecule has 0 aliphatic carbocycles. The van der Waals surface area contributed by atoms with E-state index < -0.39 is 6.10 Å². The molecule has 3 rings (SSSR count). The van der Waals surface area contributed by atoms with Crippen molar-refractivity contribution in [3.63, 3.8) is 0 Å². The maximum absolute atomic E-state index is 13.2. The summed E-state index contributed by atoms with van der Waals surface area (Å²) in [4.78, 5) is 12.3. The zero-order valence-corrected chi connectivity index (χ0v) is 15.9. The standard InChI is InChI=1S/C20H23FN2O3.ClH/c1-13-9-16(25-12-14-3-2-4-15(21)10-14)5-7-18(13)23-20(24)19-8-6-17(11-22)26-19;/h2-5,7,9-10,17,19H,6,8,11-12,22H2,1H3,(H,23,24);1H/t17-,19+;/m1./s1. The third kappa shape index (κ3) is 5.66. The molecule has 7 heteroatoms. The molecule has 1 amide bonds. The Bertz CT molecular complexity index is 788. The number of ether oxygens (including phenoxy) is 2. The van der Waals surface area contributed by atoms with Gasteiger partial charge >= 0.3 is 0 Å². The summed E-state index contributed by atoms with van der Waals surface area (Å²) >= 11 is 0. The van der Waals surface area contributed by atoms with Crippen LogP contribution in [0.1, 0.15) is 24.0 Å². The fraction of sp³-hybridized carbons (Fsp3) is 0.350. The van der Waals surface area contributed by atoms with Crippen molar-refractivity contribution >= 4 is 24.0 Å². The second-order valence-electron chi connectivity index (χ2n) is 6.44. The zero-order valence-electron chi connectivity index (χ0n) is 15.1. The van der Waals surface area contributed by atoms with Crippen LogP contribution in [0, 0.1) is 12.7 Å². The number of nitrogens with one attached hydrogen (secondary N) is 1. The topological polar surface area (TPSA) is 73.6 Å². The number of carbonyl (C=O) groups is 1. The van der Waals surface area contributed by atoms with Gasteiger partial charge in [-0.15, -0.1) is 12.4 Å². The Hall–Kier alpha value is -2.15. The van der Waals surface area contributed by atoms with Gasteiger partial charge in [-0.2, -0.15) is 0 Å². The molecule has 27 heavy (non-hydrogen) atoms. The third-order valence-electron chi connectivity index (χ3n) is 4.41. The number of hydrogen-bond donors (Lipinski definition) is 2. The Morgan fingerprint density at radius 1 is 1.30 bits per heavy atom. The number of aryl methyl sites for hydroxylation is 1. The van der Waals surface area contributed by atoms with Crippen LogP contribution in [0.15, 0.2) is 42.5 Å². The summed E-state index contributed by atoms with van der Waals surface area (Å²) < 4.78 is 24.5. The molecule has 1 heterocycles. The molecule has 1 aliphatic rings. The van der Waals surface area contributed by atoms with Crippen molar-refractivity contribution in [2.24, 2.45) is 5.73 Å². The summed E-state index contributed by atoms with van der Waals surface area (Å²) in [5.41, 5.74) is 7.93. The van der Waals surface area contributed by atoms with E-state index in [0.29, 0.717) is 24.4 Å². The zero-order chi connectivity index (χ0) is 18.5. The molecule has 0 saturated carbocycles. The molecule has 0 aromatic heterocycles. The predicted molar refractivity (Wildman–Crippen MR) is 105 cm³/mol. The van der Waals surface area contributed by atoms with E-state index >= 15 is 0 Å². The van der Waals surface area contributed by atoms with Gasteiger partial charge in [-0.3, -0.25) is 4.79 Å². The maximum Gasteiger partial charge on any atom is 0.253 e. The fourth-order valence-electron chi connectivity index (χ4n) is 2.94. The summed E-state index contributed by atoms with van der Waals surface area (Å²) in [6, 6.07) is 11.7. The normalized spacial score (nSPS) is 18.6. The maximum atomic E-state index is 13.2. The van der Waals surface area contributed by atoms with E-state index in [1.54, 1.807) is 24.3 Å². The molecule has 2 atom stereocenters. The number of hydrogen-bond acceptors (Lipinski definition) is 4. The molecule has 3 N–H and O–H groups in total. The second-order valence-corrected chi connectivity index (χ2v) is 6.44. The van der Waals surface area contributed by atoms with Crippen LogP contribution >= 0.6 is 12.4 Å². The van der Waals surface area contributed by atoms with Crippen LogP contribution in [0.3, 0.4) is 0 Å². The van der Waals surface area contributed by atoms with Crippen LogP contribution in [-0.2, 0) is 16.1 Å². The number of anilines is 1. The van der Waals surface area contributed by atoms with Crippen LogP contribution in [0.2, 0.25) is 0 Å². The monoisotopic (exact) mass is 394 g/mol. The molecule has 2 aromatic carbocycles. The summed E-state index contributed by atoms with van der Waals surface area (Å²) in [5, 5.41) is 2.90. The van der Waals surface area contributed by atoms with Crippen molar-refractivity contribution in [3.8, 4) is 5.75 Å². The molecule has 2 aromatic rings. The van der Waals surface area contributed by atoms with Gasteiger partial charge in [0.2, 0.25) is 0 Å². The van der Waals surface area contributed by atoms with Crippen molar-refractivity contribution in [2.75, 3.05) is 11.9 Å². The lowest BCUT2D eigenvalue weighted by molar-refractivity contribution is -0.126. The van der Waals surface area contributed by atoms with E-state index in [0.717, 1.165) is 17.5 Å². The molecule has 1 aliphatic heterocycles. The molecule has 1 fully saturated rings. The third-order valence-corrected chi connectivity index (χ3v) is 4.41. The summed E-state index contributed by atoms with van der Waals surface area (Å²) in [6.07, 6.45) is 0.999. The van der Waals surface area contributed by atoms with Crippen LogP contribution < -0.4 is 15.8 Å². The first-order chi connectivity index (χ1) is 12.5. The average molecular weight is 395 g/mol. The number of benzene rings is 2. The molecular weight excluding hydrogens is 371 g/mol. The minimum atomic E-state index is -0.452. The van der Waals surface area contributed by atoms with Crippen LogP contribution in [0.4, 0.5) is 10.1 Å². The number of nitrogens with two attached hydrogens (primary N) is 1. The van der Waals surface area contributed by atoms with Gasteiger partial charge in [0.1, 0.15) is 24.3 Å². The van der Waals surface area contributed by atoms with Gasteiger partial charge in [0.05, 0.1) is 6.10 Å². The molecule has 146 valence electrons. The molecule has 0 spiro atoms. The summed E-state index contributed by atoms with van der Waals surface area (Å²) in [5.74, 6) is 0.217. The van der Waals surface area contributed by atoms with E-state index in [1.807, 2.05) is 13.0 Å². The number of amides is 1. The highest BCUT2D eigenvalue weighted by Crippen LogP contribution is 2.25. The highest BCUT2D eigenvalue weighted by atomic mass is 35.5. The first kappa shape index (κ1) is 21.2. The van der Waals surface area contributed by atoms with Gasteiger partial charge < -0.3 is 20.5 Å². The largest absolute Gasteiger partial charge is 0.489 e. The van der Waals surface area contributed by atoms with Gasteiger partial charge in [0.15, 0.2) is 0 Å². The Morgan fingerprint density at radius 3 is 2.78 bits per heavy atom. The van der Waals surface area contributed by atoms with Gasteiger partial charge in [-0.1, -0.05) is 12.1 Å². The Labute approximate surface area is 164 Å². The number of halogens is 2. The van der Waals surface area contributed by atoms with Crippen molar-refractivity contribution in [2.45, 2.75) is 38.6 Å². The van der Waals surface area contributed by atoms with Gasteiger partial charge in [0.25, 0.3) is 5.91 Å². The first-order valence-electron chi connectivity index (χ1n) is 8.69. The van der Waals surface area contributed by atoms with E-state index in [1.165, 1.54) is 12.1 Å². The molecule has 0 unspecified atom stereocenters. The molecule has 1 saturated heterocycles. The average Bonchev–Trinajstić information content (AvgIpc) is 3.11. The van der Waals surface area contributed by atoms with Crippen molar-refractivity contribution in [1.29, 1.82) is 0 Å². The van der Waals surface area contributed by atoms with Gasteiger partial charge in [0, 0.05) is 12.2 Å². The Morgan fingerprint density at radius 2 is 2.11 bits per heavy atom. The van der Waals surface area contributed by atoms with Crippen LogP contribution in [0.25, 0.3) is 0 Å². The molecule has 5 nitrogen and oxygen atoms in total. The van der Waals surface area contributed by atoms with E-state index in [-0.39, 0.29) is 36.8 Å². The van der Waals surface area contributed by atoms with E-state index in [4.69, 9.17) is 15.2 Å². The lowest BCUT2D eigenvalue weighted by atomic mass is 10.1. The Kier molecular flexibility index (Phi) is 7.59. The van der Waals surface area contributed by atoms with Crippen molar-refractivity contribution in [1.82, 2.24) is 0 Å². The van der Waals surface area contributed by atoms with Crippen LogP contribution in [0.5, 0.6) is 5.75 Å². The predicted octanol–water partition coefficient (Wildman–Crippen LogP) is 3.58. The lowest BCUT2D eigenvalue weighted by Crippen LogP contribution is -2.30. The fourth-order valence-corrected chi connectivity index (χ4v) is 2.94. The van der Waals surface area contributed by atoms with E-state index in [9.17, 15) is 9.18 Å². The number of rotatable bonds is 6. The van der Waals surface area contributed by atoms with Gasteiger partial charge in [-0.25, -0.2) is 4.39 Å². The first-order valence-corrected chi connectivity index (χ1v) is 8.69. The Balaban J connectivity index is 0.00000261. The second kappa shape index (κ2) is 9.69. The highest BCUT2D eigenvalue weighted by molar-refractivity contribution is 5.95.